The first-order chi connectivity index (χ1) is 13.9. The van der Waals surface area contributed by atoms with Gasteiger partial charge in [0, 0.05) is 23.5 Å². The molecule has 1 aliphatic rings. The zero-order valence-corrected chi connectivity index (χ0v) is 17.2. The molecule has 0 spiro atoms. The molecule has 5 nitrogen and oxygen atoms in total. The fourth-order valence-electron chi connectivity index (χ4n) is 3.07. The van der Waals surface area contributed by atoms with Gasteiger partial charge in [-0.3, -0.25) is 9.00 Å². The standard InChI is InChI=1S/C18H15ClF5N3O2S/c1-9-5-10(18(22,23)24)6-14(25-9)27-8-30(29)7-13(27)17(28)26(2)12-4-3-11(20)15(19)16(12)21/h3-6,13H,7-8H2,1-2H3/t13-,30?/m0/s1. The first kappa shape index (κ1) is 22.4. The summed E-state index contributed by atoms with van der Waals surface area (Å²) in [5, 5.41) is -0.797. The van der Waals surface area contributed by atoms with E-state index in [4.69, 9.17) is 11.6 Å². The molecule has 0 aliphatic carbocycles. The molecule has 3 rings (SSSR count). The third-order valence-electron chi connectivity index (χ3n) is 4.56. The Morgan fingerprint density at radius 3 is 2.60 bits per heavy atom. The number of nitrogens with zero attached hydrogens (tertiary/aromatic N) is 3. The van der Waals surface area contributed by atoms with Crippen LogP contribution in [0.25, 0.3) is 0 Å². The molecule has 1 saturated heterocycles. The quantitative estimate of drug-likeness (QED) is 0.507. The van der Waals surface area contributed by atoms with Gasteiger partial charge < -0.3 is 9.80 Å². The van der Waals surface area contributed by atoms with Crippen LogP contribution in [-0.2, 0) is 21.8 Å². The number of anilines is 2. The number of carbonyl (C=O) groups excluding carboxylic acids is 1. The summed E-state index contributed by atoms with van der Waals surface area (Å²) in [6.45, 7) is 1.37. The van der Waals surface area contributed by atoms with Gasteiger partial charge in [0.05, 0.1) is 22.9 Å². The molecular weight excluding hydrogens is 453 g/mol. The van der Waals surface area contributed by atoms with Crippen molar-refractivity contribution in [3.63, 3.8) is 0 Å². The number of likely N-dealkylation sites (N-methyl/N-ethyl adjacent to an activating group) is 1. The Kier molecular flexibility index (Phi) is 6.06. The summed E-state index contributed by atoms with van der Waals surface area (Å²) in [5.74, 6) is -3.49. The van der Waals surface area contributed by atoms with E-state index in [1.165, 1.54) is 18.9 Å². The third-order valence-corrected chi connectivity index (χ3v) is 6.16. The molecule has 2 heterocycles. The molecule has 1 aromatic carbocycles. The zero-order chi connectivity index (χ0) is 22.4. The fourth-order valence-corrected chi connectivity index (χ4v) is 4.64. The summed E-state index contributed by atoms with van der Waals surface area (Å²) in [6, 6.07) is 2.36. The number of aromatic nitrogens is 1. The highest BCUT2D eigenvalue weighted by Gasteiger charge is 2.40. The molecule has 0 radical (unpaired) electrons. The lowest BCUT2D eigenvalue weighted by molar-refractivity contribution is -0.137. The number of amides is 1. The van der Waals surface area contributed by atoms with Gasteiger partial charge in [0.1, 0.15) is 22.7 Å². The van der Waals surface area contributed by atoms with Crippen molar-refractivity contribution in [2.24, 2.45) is 0 Å². The van der Waals surface area contributed by atoms with Gasteiger partial charge in [0.25, 0.3) is 5.91 Å². The Hall–Kier alpha value is -2.27. The van der Waals surface area contributed by atoms with Gasteiger partial charge in [-0.15, -0.1) is 0 Å². The SMILES string of the molecule is Cc1cc(C(F)(F)F)cc(N2CS(=O)C[C@H]2C(=O)N(C)c2ccc(F)c(Cl)c2F)n1. The minimum Gasteiger partial charge on any atom is -0.332 e. The van der Waals surface area contributed by atoms with Crippen LogP contribution < -0.4 is 9.80 Å². The Morgan fingerprint density at radius 1 is 1.30 bits per heavy atom. The number of halogens is 6. The summed E-state index contributed by atoms with van der Waals surface area (Å²) in [6.07, 6.45) is -4.63. The number of carbonyl (C=O) groups is 1. The second-order valence-electron chi connectivity index (χ2n) is 6.67. The lowest BCUT2D eigenvalue weighted by atomic mass is 10.2. The number of aryl methyl sites for hydroxylation is 1. The Labute approximate surface area is 175 Å². The molecule has 2 aromatic rings. The first-order valence-electron chi connectivity index (χ1n) is 8.48. The lowest BCUT2D eigenvalue weighted by Crippen LogP contribution is -2.46. The molecular formula is C18H15ClF5N3O2S. The van der Waals surface area contributed by atoms with Gasteiger partial charge in [-0.25, -0.2) is 13.8 Å². The van der Waals surface area contributed by atoms with Crippen molar-refractivity contribution in [2.75, 3.05) is 28.5 Å². The largest absolute Gasteiger partial charge is 0.416 e. The van der Waals surface area contributed by atoms with Gasteiger partial charge in [-0.05, 0) is 31.2 Å². The topological polar surface area (TPSA) is 53.5 Å². The minimum atomic E-state index is -4.63. The van der Waals surface area contributed by atoms with Crippen molar-refractivity contribution in [3.8, 4) is 0 Å². The maximum Gasteiger partial charge on any atom is 0.416 e. The van der Waals surface area contributed by atoms with Crippen LogP contribution in [0.1, 0.15) is 11.3 Å². The monoisotopic (exact) mass is 467 g/mol. The number of pyridine rings is 1. The second-order valence-corrected chi connectivity index (χ2v) is 8.52. The van der Waals surface area contributed by atoms with Crippen molar-refractivity contribution < 1.29 is 31.0 Å². The number of rotatable bonds is 3. The average Bonchev–Trinajstić information content (AvgIpc) is 3.06. The predicted octanol–water partition coefficient (Wildman–Crippen LogP) is 3.90. The van der Waals surface area contributed by atoms with E-state index in [9.17, 15) is 31.0 Å². The molecule has 162 valence electrons. The third kappa shape index (κ3) is 4.27. The number of hydrogen-bond donors (Lipinski definition) is 0. The molecule has 2 atom stereocenters. The summed E-state index contributed by atoms with van der Waals surface area (Å²) >= 11 is 5.55. The maximum atomic E-state index is 14.3. The predicted molar refractivity (Wildman–Crippen MR) is 103 cm³/mol. The summed E-state index contributed by atoms with van der Waals surface area (Å²) in [7, 11) is -0.340. The number of alkyl halides is 3. The van der Waals surface area contributed by atoms with Crippen molar-refractivity contribution in [2.45, 2.75) is 19.1 Å². The Morgan fingerprint density at radius 2 is 1.97 bits per heavy atom. The minimum absolute atomic E-state index is 0.0634. The molecule has 0 saturated carbocycles. The first-order valence-corrected chi connectivity index (χ1v) is 10.4. The highest BCUT2D eigenvalue weighted by atomic mass is 35.5. The van der Waals surface area contributed by atoms with Gasteiger partial charge in [0.2, 0.25) is 0 Å². The molecule has 0 bridgehead atoms. The van der Waals surface area contributed by atoms with Gasteiger partial charge in [-0.2, -0.15) is 13.2 Å². The molecule has 1 aliphatic heterocycles. The normalized spacial score (nSPS) is 19.3. The van der Waals surface area contributed by atoms with E-state index in [0.717, 1.165) is 29.2 Å². The van der Waals surface area contributed by atoms with E-state index in [-0.39, 0.29) is 28.8 Å². The van der Waals surface area contributed by atoms with Crippen LogP contribution in [0.2, 0.25) is 5.02 Å². The molecule has 1 amide bonds. The highest BCUT2D eigenvalue weighted by Crippen LogP contribution is 2.34. The summed E-state index contributed by atoms with van der Waals surface area (Å²) in [4.78, 5) is 19.1. The van der Waals surface area contributed by atoms with E-state index >= 15 is 0 Å². The molecule has 0 N–H and O–H groups in total. The van der Waals surface area contributed by atoms with Gasteiger partial charge >= 0.3 is 6.18 Å². The highest BCUT2D eigenvalue weighted by molar-refractivity contribution is 7.85. The van der Waals surface area contributed by atoms with Gasteiger partial charge in [0.15, 0.2) is 5.82 Å². The second kappa shape index (κ2) is 8.10. The molecule has 1 fully saturated rings. The smallest absolute Gasteiger partial charge is 0.332 e. The van der Waals surface area contributed by atoms with E-state index in [0.29, 0.717) is 0 Å². The van der Waals surface area contributed by atoms with Crippen molar-refractivity contribution >= 4 is 39.8 Å². The van der Waals surface area contributed by atoms with E-state index in [1.807, 2.05) is 0 Å². The molecule has 30 heavy (non-hydrogen) atoms. The van der Waals surface area contributed by atoms with E-state index in [2.05, 4.69) is 4.98 Å². The van der Waals surface area contributed by atoms with Crippen molar-refractivity contribution in [3.05, 3.63) is 52.2 Å². The zero-order valence-electron chi connectivity index (χ0n) is 15.6. The summed E-state index contributed by atoms with van der Waals surface area (Å²) < 4.78 is 79.4. The van der Waals surface area contributed by atoms with Crippen LogP contribution in [0.15, 0.2) is 24.3 Å². The molecule has 1 aromatic heterocycles. The van der Waals surface area contributed by atoms with Crippen LogP contribution in [0, 0.1) is 18.6 Å². The van der Waals surface area contributed by atoms with E-state index in [1.54, 1.807) is 0 Å². The van der Waals surface area contributed by atoms with Crippen molar-refractivity contribution in [1.29, 1.82) is 0 Å². The summed E-state index contributed by atoms with van der Waals surface area (Å²) in [5.41, 5.74) is -1.22. The molecule has 12 heteroatoms. The Balaban J connectivity index is 1.97. The molecule has 1 unspecified atom stereocenters. The maximum absolute atomic E-state index is 14.3. The van der Waals surface area contributed by atoms with Crippen LogP contribution in [0.4, 0.5) is 33.5 Å². The lowest BCUT2D eigenvalue weighted by Gasteiger charge is -2.28. The Bertz CT molecular complexity index is 1030. The van der Waals surface area contributed by atoms with Crippen LogP contribution >= 0.6 is 11.6 Å². The number of benzene rings is 1. The average molecular weight is 468 g/mol. The van der Waals surface area contributed by atoms with Crippen LogP contribution in [0.3, 0.4) is 0 Å². The van der Waals surface area contributed by atoms with Crippen LogP contribution in [0.5, 0.6) is 0 Å². The van der Waals surface area contributed by atoms with E-state index < -0.39 is 51.1 Å². The van der Waals surface area contributed by atoms with Crippen LogP contribution in [-0.4, -0.2) is 39.8 Å². The van der Waals surface area contributed by atoms with Gasteiger partial charge in [-0.1, -0.05) is 11.6 Å². The van der Waals surface area contributed by atoms with Crippen molar-refractivity contribution in [1.82, 2.24) is 4.98 Å². The fraction of sp³-hybridized carbons (Fsp3) is 0.333. The number of hydrogen-bond acceptors (Lipinski definition) is 4.